The lowest BCUT2D eigenvalue weighted by Crippen LogP contribution is -2.24. The Balaban J connectivity index is 2.20. The molecule has 0 atom stereocenters. The molecule has 1 heterocycles. The van der Waals surface area contributed by atoms with Crippen LogP contribution in [0.4, 0.5) is 0 Å². The second-order valence-corrected chi connectivity index (χ2v) is 3.26. The summed E-state index contributed by atoms with van der Waals surface area (Å²) in [4.78, 5) is 32.2. The summed E-state index contributed by atoms with van der Waals surface area (Å²) in [6, 6.07) is 0. The number of aliphatic carboxylic acids is 1. The Labute approximate surface area is 92.2 Å². The van der Waals surface area contributed by atoms with Gasteiger partial charge in [0.15, 0.2) is 0 Å². The van der Waals surface area contributed by atoms with Gasteiger partial charge >= 0.3 is 5.97 Å². The Morgan fingerprint density at radius 3 is 2.50 bits per heavy atom. The first kappa shape index (κ1) is 12.1. The molecule has 86 valence electrons. The molecule has 6 heteroatoms. The molecule has 0 aromatic carbocycles. The van der Waals surface area contributed by atoms with E-state index >= 15 is 0 Å². The van der Waals surface area contributed by atoms with Crippen molar-refractivity contribution in [1.82, 2.24) is 5.01 Å². The molecule has 6 nitrogen and oxygen atoms in total. The summed E-state index contributed by atoms with van der Waals surface area (Å²) in [6.45, 7) is 0. The Hall–Kier alpha value is -1.98. The maximum absolute atomic E-state index is 11.0. The van der Waals surface area contributed by atoms with E-state index < -0.39 is 17.8 Å². The van der Waals surface area contributed by atoms with E-state index in [4.69, 9.17) is 5.11 Å². The minimum absolute atomic E-state index is 0.122. The van der Waals surface area contributed by atoms with Crippen molar-refractivity contribution in [2.24, 2.45) is 5.10 Å². The molecule has 0 spiro atoms. The van der Waals surface area contributed by atoms with E-state index in [-0.39, 0.29) is 6.42 Å². The molecular weight excluding hydrogens is 212 g/mol. The number of carbonyl (C=O) groups excluding carboxylic acids is 2. The van der Waals surface area contributed by atoms with Gasteiger partial charge in [-0.15, -0.1) is 0 Å². The highest BCUT2D eigenvalue weighted by molar-refractivity contribution is 6.12. The molecule has 0 saturated carbocycles. The van der Waals surface area contributed by atoms with Crippen LogP contribution in [0.5, 0.6) is 0 Å². The van der Waals surface area contributed by atoms with Crippen LogP contribution in [0.15, 0.2) is 17.3 Å². The van der Waals surface area contributed by atoms with Crippen molar-refractivity contribution >= 4 is 24.0 Å². The van der Waals surface area contributed by atoms with Crippen molar-refractivity contribution in [2.45, 2.75) is 25.7 Å². The van der Waals surface area contributed by atoms with Gasteiger partial charge in [-0.05, 0) is 19.3 Å². The van der Waals surface area contributed by atoms with Crippen LogP contribution in [0.2, 0.25) is 0 Å². The summed E-state index contributed by atoms with van der Waals surface area (Å²) in [5.41, 5.74) is 0. The topological polar surface area (TPSA) is 87.0 Å². The van der Waals surface area contributed by atoms with Gasteiger partial charge in [-0.25, -0.2) is 0 Å². The van der Waals surface area contributed by atoms with Gasteiger partial charge in [-0.2, -0.15) is 10.1 Å². The summed E-state index contributed by atoms with van der Waals surface area (Å²) in [5, 5.41) is 12.8. The molecule has 0 fully saturated rings. The maximum atomic E-state index is 11.0. The van der Waals surface area contributed by atoms with Gasteiger partial charge in [0.2, 0.25) is 0 Å². The molecule has 1 rings (SSSR count). The van der Waals surface area contributed by atoms with Crippen LogP contribution in [0.3, 0.4) is 0 Å². The smallest absolute Gasteiger partial charge is 0.303 e. The largest absolute Gasteiger partial charge is 0.481 e. The third kappa shape index (κ3) is 3.64. The Bertz CT molecular complexity index is 342. The Morgan fingerprint density at radius 2 is 1.94 bits per heavy atom. The van der Waals surface area contributed by atoms with Gasteiger partial charge in [0.25, 0.3) is 11.8 Å². The van der Waals surface area contributed by atoms with E-state index in [1.165, 1.54) is 6.21 Å². The van der Waals surface area contributed by atoms with Crippen LogP contribution in [-0.4, -0.2) is 34.1 Å². The van der Waals surface area contributed by atoms with Crippen molar-refractivity contribution in [2.75, 3.05) is 0 Å². The monoisotopic (exact) mass is 224 g/mol. The molecule has 0 aromatic heterocycles. The van der Waals surface area contributed by atoms with Crippen LogP contribution in [0.1, 0.15) is 25.7 Å². The lowest BCUT2D eigenvalue weighted by molar-refractivity contribution is -0.138. The average molecular weight is 224 g/mol. The van der Waals surface area contributed by atoms with E-state index in [1.807, 2.05) is 0 Å². The highest BCUT2D eigenvalue weighted by atomic mass is 16.4. The van der Waals surface area contributed by atoms with Crippen LogP contribution >= 0.6 is 0 Å². The number of rotatable bonds is 6. The predicted octanol–water partition coefficient (Wildman–Crippen LogP) is 0.542. The van der Waals surface area contributed by atoms with Crippen molar-refractivity contribution in [1.29, 1.82) is 0 Å². The number of carboxylic acid groups (broad SMARTS) is 1. The van der Waals surface area contributed by atoms with Crippen molar-refractivity contribution in [3.63, 3.8) is 0 Å². The summed E-state index contributed by atoms with van der Waals surface area (Å²) in [6.07, 6.45) is 5.65. The zero-order valence-electron chi connectivity index (χ0n) is 8.63. The van der Waals surface area contributed by atoms with Crippen molar-refractivity contribution in [3.05, 3.63) is 12.2 Å². The summed E-state index contributed by atoms with van der Waals surface area (Å²) < 4.78 is 0. The maximum Gasteiger partial charge on any atom is 0.303 e. The van der Waals surface area contributed by atoms with Crippen LogP contribution < -0.4 is 0 Å². The molecule has 0 aromatic rings. The number of imide groups is 1. The molecular formula is C10H12N2O4. The van der Waals surface area contributed by atoms with Gasteiger partial charge in [0.1, 0.15) is 0 Å². The van der Waals surface area contributed by atoms with Gasteiger partial charge in [0, 0.05) is 24.8 Å². The zero-order chi connectivity index (χ0) is 12.0. The molecule has 0 aliphatic carbocycles. The Morgan fingerprint density at radius 1 is 1.31 bits per heavy atom. The first-order valence-corrected chi connectivity index (χ1v) is 4.91. The summed E-state index contributed by atoms with van der Waals surface area (Å²) in [5.74, 6) is -1.73. The number of carboxylic acids is 1. The van der Waals surface area contributed by atoms with E-state index in [2.05, 4.69) is 5.10 Å². The third-order valence-electron chi connectivity index (χ3n) is 1.96. The SMILES string of the molecule is O=C(O)CCCCC=NN1C(=O)C=CC1=O. The number of carbonyl (C=O) groups is 3. The minimum Gasteiger partial charge on any atom is -0.481 e. The number of hydrogen-bond donors (Lipinski definition) is 1. The van der Waals surface area contributed by atoms with Crippen molar-refractivity contribution < 1.29 is 19.5 Å². The summed E-state index contributed by atoms with van der Waals surface area (Å²) in [7, 11) is 0. The lowest BCUT2D eigenvalue weighted by Gasteiger charge is -2.04. The van der Waals surface area contributed by atoms with E-state index in [9.17, 15) is 14.4 Å². The standard InChI is InChI=1S/C10H12N2O4/c13-8-5-6-9(14)12(8)11-7-3-1-2-4-10(15)16/h5-7H,1-4H2,(H,15,16). The molecule has 1 aliphatic heterocycles. The van der Waals surface area contributed by atoms with E-state index in [0.29, 0.717) is 19.3 Å². The van der Waals surface area contributed by atoms with Gasteiger partial charge < -0.3 is 5.11 Å². The number of nitrogens with zero attached hydrogens (tertiary/aromatic N) is 2. The number of hydrazone groups is 1. The molecule has 1 aliphatic rings. The summed E-state index contributed by atoms with van der Waals surface area (Å²) >= 11 is 0. The van der Waals surface area contributed by atoms with Crippen LogP contribution in [0, 0.1) is 0 Å². The second-order valence-electron chi connectivity index (χ2n) is 3.26. The molecule has 0 radical (unpaired) electrons. The van der Waals surface area contributed by atoms with Gasteiger partial charge in [0.05, 0.1) is 0 Å². The first-order chi connectivity index (χ1) is 7.61. The zero-order valence-corrected chi connectivity index (χ0v) is 8.63. The number of hydrogen-bond acceptors (Lipinski definition) is 4. The molecule has 2 amide bonds. The fraction of sp³-hybridized carbons (Fsp3) is 0.400. The number of unbranched alkanes of at least 4 members (excludes halogenated alkanes) is 2. The molecule has 0 saturated heterocycles. The quantitative estimate of drug-likeness (QED) is 0.405. The third-order valence-corrected chi connectivity index (χ3v) is 1.96. The average Bonchev–Trinajstić information content (AvgIpc) is 2.53. The second kappa shape index (κ2) is 5.79. The highest BCUT2D eigenvalue weighted by Gasteiger charge is 2.21. The molecule has 1 N–H and O–H groups in total. The van der Waals surface area contributed by atoms with Crippen molar-refractivity contribution in [3.8, 4) is 0 Å². The van der Waals surface area contributed by atoms with Crippen LogP contribution in [-0.2, 0) is 14.4 Å². The predicted molar refractivity (Wildman–Crippen MR) is 55.6 cm³/mol. The normalized spacial score (nSPS) is 15.4. The van der Waals surface area contributed by atoms with Gasteiger partial charge in [-0.1, -0.05) is 0 Å². The Kier molecular flexibility index (Phi) is 4.38. The minimum atomic E-state index is -0.828. The van der Waals surface area contributed by atoms with Crippen LogP contribution in [0.25, 0.3) is 0 Å². The fourth-order valence-corrected chi connectivity index (χ4v) is 1.16. The van der Waals surface area contributed by atoms with Gasteiger partial charge in [-0.3, -0.25) is 14.4 Å². The lowest BCUT2D eigenvalue weighted by atomic mass is 10.2. The van der Waals surface area contributed by atoms with E-state index in [0.717, 1.165) is 17.2 Å². The fourth-order valence-electron chi connectivity index (χ4n) is 1.16. The molecule has 16 heavy (non-hydrogen) atoms. The number of amides is 2. The highest BCUT2D eigenvalue weighted by Crippen LogP contribution is 2.04. The molecule has 0 unspecified atom stereocenters. The molecule has 0 bridgehead atoms. The van der Waals surface area contributed by atoms with E-state index in [1.54, 1.807) is 0 Å². The first-order valence-electron chi connectivity index (χ1n) is 4.91.